The quantitative estimate of drug-likeness (QED) is 0.780. The minimum Gasteiger partial charge on any atom is -0.361 e. The summed E-state index contributed by atoms with van der Waals surface area (Å²) in [6, 6.07) is 4.07. The number of pyridine rings is 1. The Bertz CT molecular complexity index is 942. The standard InChI is InChI=1S/C19H23N5O2/c1-11(2)17-16(12(3)26-23-17)19(25)24-8-4-5-14(10-24)15-7-6-13-9-20-22-18(13)21-15/h6-7,9,11,14H,4-5,8,10H2,1-3H3,(H,20,21,22). The summed E-state index contributed by atoms with van der Waals surface area (Å²) >= 11 is 0. The number of hydrogen-bond donors (Lipinski definition) is 1. The molecule has 1 aliphatic rings. The predicted octanol–water partition coefficient (Wildman–Crippen LogP) is 3.40. The van der Waals surface area contributed by atoms with Crippen LogP contribution in [0.5, 0.6) is 0 Å². The van der Waals surface area contributed by atoms with Crippen LogP contribution in [0.25, 0.3) is 11.0 Å². The van der Waals surface area contributed by atoms with E-state index in [9.17, 15) is 4.79 Å². The fourth-order valence-corrected chi connectivity index (χ4v) is 3.67. The Morgan fingerprint density at radius 2 is 2.23 bits per heavy atom. The van der Waals surface area contributed by atoms with E-state index < -0.39 is 0 Å². The molecule has 0 saturated carbocycles. The van der Waals surface area contributed by atoms with Crippen molar-refractivity contribution in [2.24, 2.45) is 0 Å². The van der Waals surface area contributed by atoms with E-state index in [0.29, 0.717) is 17.9 Å². The third kappa shape index (κ3) is 2.87. The number of carbonyl (C=O) groups excluding carboxylic acids is 1. The molecule has 0 aliphatic carbocycles. The molecule has 1 aliphatic heterocycles. The summed E-state index contributed by atoms with van der Waals surface area (Å²) in [4.78, 5) is 19.8. The van der Waals surface area contributed by atoms with Gasteiger partial charge in [-0.05, 0) is 37.8 Å². The van der Waals surface area contributed by atoms with Gasteiger partial charge in [0.1, 0.15) is 11.3 Å². The minimum atomic E-state index is 0.0137. The molecule has 1 amide bonds. The van der Waals surface area contributed by atoms with E-state index >= 15 is 0 Å². The third-order valence-electron chi connectivity index (χ3n) is 5.10. The number of H-pyrrole nitrogens is 1. The number of nitrogens with zero attached hydrogens (tertiary/aromatic N) is 4. The van der Waals surface area contributed by atoms with Crippen LogP contribution in [0.15, 0.2) is 22.9 Å². The highest BCUT2D eigenvalue weighted by molar-refractivity contribution is 5.96. The molecule has 7 heteroatoms. The van der Waals surface area contributed by atoms with E-state index in [0.717, 1.165) is 41.8 Å². The summed E-state index contributed by atoms with van der Waals surface area (Å²) in [7, 11) is 0. The number of fused-ring (bicyclic) bond motifs is 1. The van der Waals surface area contributed by atoms with E-state index in [1.165, 1.54) is 0 Å². The van der Waals surface area contributed by atoms with Crippen molar-refractivity contribution >= 4 is 16.9 Å². The van der Waals surface area contributed by atoms with Gasteiger partial charge in [0, 0.05) is 30.1 Å². The first kappa shape index (κ1) is 16.8. The number of amides is 1. The van der Waals surface area contributed by atoms with Crippen molar-refractivity contribution in [1.82, 2.24) is 25.2 Å². The molecule has 1 unspecified atom stereocenters. The second kappa shape index (κ2) is 6.55. The maximum absolute atomic E-state index is 13.1. The van der Waals surface area contributed by atoms with Gasteiger partial charge in [-0.2, -0.15) is 5.10 Å². The number of aryl methyl sites for hydroxylation is 1. The van der Waals surface area contributed by atoms with Gasteiger partial charge in [0.2, 0.25) is 0 Å². The molecule has 0 spiro atoms. The molecule has 3 aromatic rings. The maximum Gasteiger partial charge on any atom is 0.259 e. The molecule has 7 nitrogen and oxygen atoms in total. The fraction of sp³-hybridized carbons (Fsp3) is 0.474. The van der Waals surface area contributed by atoms with E-state index in [1.807, 2.05) is 30.9 Å². The maximum atomic E-state index is 13.1. The number of piperidine rings is 1. The number of hydrogen-bond acceptors (Lipinski definition) is 5. The van der Waals surface area contributed by atoms with Crippen molar-refractivity contribution in [3.05, 3.63) is 41.0 Å². The Kier molecular flexibility index (Phi) is 4.22. The molecule has 1 fully saturated rings. The van der Waals surface area contributed by atoms with Crippen LogP contribution in [0.4, 0.5) is 0 Å². The van der Waals surface area contributed by atoms with Gasteiger partial charge in [-0.1, -0.05) is 19.0 Å². The van der Waals surface area contributed by atoms with Gasteiger partial charge in [-0.3, -0.25) is 9.89 Å². The van der Waals surface area contributed by atoms with E-state index in [-0.39, 0.29) is 17.7 Å². The molecule has 1 saturated heterocycles. The van der Waals surface area contributed by atoms with Gasteiger partial charge in [-0.25, -0.2) is 4.98 Å². The van der Waals surface area contributed by atoms with Crippen LogP contribution < -0.4 is 0 Å². The molecule has 0 radical (unpaired) electrons. The van der Waals surface area contributed by atoms with Gasteiger partial charge in [0.25, 0.3) is 5.91 Å². The molecular weight excluding hydrogens is 330 g/mol. The first-order valence-corrected chi connectivity index (χ1v) is 9.10. The lowest BCUT2D eigenvalue weighted by molar-refractivity contribution is 0.0703. The van der Waals surface area contributed by atoms with Crippen molar-refractivity contribution in [3.8, 4) is 0 Å². The van der Waals surface area contributed by atoms with Crippen LogP contribution in [0.2, 0.25) is 0 Å². The Hall–Kier alpha value is -2.70. The molecule has 1 atom stereocenters. The number of rotatable bonds is 3. The molecule has 1 N–H and O–H groups in total. The summed E-state index contributed by atoms with van der Waals surface area (Å²) in [6.45, 7) is 7.27. The summed E-state index contributed by atoms with van der Waals surface area (Å²) in [5, 5.41) is 12.0. The molecule has 4 heterocycles. The highest BCUT2D eigenvalue weighted by Gasteiger charge is 2.31. The second-order valence-electron chi connectivity index (χ2n) is 7.29. The number of carbonyl (C=O) groups is 1. The normalized spacial score (nSPS) is 18.0. The van der Waals surface area contributed by atoms with Crippen molar-refractivity contribution in [3.63, 3.8) is 0 Å². The first-order chi connectivity index (χ1) is 12.5. The SMILES string of the molecule is Cc1onc(C(C)C)c1C(=O)N1CCCC(c2ccc3cn[nH]c3n2)C1. The number of nitrogens with one attached hydrogen (secondary N) is 1. The number of aromatic nitrogens is 4. The third-order valence-corrected chi connectivity index (χ3v) is 5.10. The molecule has 0 bridgehead atoms. The van der Waals surface area contributed by atoms with Crippen LogP contribution in [-0.4, -0.2) is 44.2 Å². The molecule has 0 aromatic carbocycles. The Balaban J connectivity index is 1.58. The highest BCUT2D eigenvalue weighted by atomic mass is 16.5. The zero-order chi connectivity index (χ0) is 18.3. The van der Waals surface area contributed by atoms with Crippen LogP contribution in [-0.2, 0) is 0 Å². The van der Waals surface area contributed by atoms with Crippen LogP contribution in [0, 0.1) is 6.92 Å². The molecule has 26 heavy (non-hydrogen) atoms. The van der Waals surface area contributed by atoms with Crippen LogP contribution in [0.1, 0.15) is 66.0 Å². The zero-order valence-electron chi connectivity index (χ0n) is 15.3. The van der Waals surface area contributed by atoms with Gasteiger partial charge >= 0.3 is 0 Å². The van der Waals surface area contributed by atoms with Crippen molar-refractivity contribution in [1.29, 1.82) is 0 Å². The van der Waals surface area contributed by atoms with E-state index in [4.69, 9.17) is 9.51 Å². The summed E-state index contributed by atoms with van der Waals surface area (Å²) in [6.07, 6.45) is 3.75. The van der Waals surface area contributed by atoms with E-state index in [2.05, 4.69) is 15.4 Å². The van der Waals surface area contributed by atoms with Gasteiger partial charge < -0.3 is 9.42 Å². The molecular formula is C19H23N5O2. The number of aromatic amines is 1. The van der Waals surface area contributed by atoms with Crippen LogP contribution >= 0.6 is 0 Å². The van der Waals surface area contributed by atoms with Crippen molar-refractivity contribution in [2.45, 2.75) is 45.4 Å². The van der Waals surface area contributed by atoms with Crippen LogP contribution in [0.3, 0.4) is 0 Å². The Morgan fingerprint density at radius 3 is 3.04 bits per heavy atom. The first-order valence-electron chi connectivity index (χ1n) is 9.10. The summed E-state index contributed by atoms with van der Waals surface area (Å²) in [5.74, 6) is 0.983. The van der Waals surface area contributed by atoms with Gasteiger partial charge in [-0.15, -0.1) is 0 Å². The monoisotopic (exact) mass is 353 g/mol. The lowest BCUT2D eigenvalue weighted by Gasteiger charge is -2.32. The zero-order valence-corrected chi connectivity index (χ0v) is 15.3. The fourth-order valence-electron chi connectivity index (χ4n) is 3.67. The van der Waals surface area contributed by atoms with Gasteiger partial charge in [0.15, 0.2) is 5.65 Å². The largest absolute Gasteiger partial charge is 0.361 e. The predicted molar refractivity (Wildman–Crippen MR) is 97.1 cm³/mol. The molecule has 136 valence electrons. The highest BCUT2D eigenvalue weighted by Crippen LogP contribution is 2.29. The molecule has 3 aromatic heterocycles. The molecule has 4 rings (SSSR count). The average Bonchev–Trinajstić information content (AvgIpc) is 3.26. The summed E-state index contributed by atoms with van der Waals surface area (Å²) in [5.41, 5.74) is 3.16. The van der Waals surface area contributed by atoms with E-state index in [1.54, 1.807) is 13.1 Å². The minimum absolute atomic E-state index is 0.0137. The number of likely N-dealkylation sites (tertiary alicyclic amines) is 1. The van der Waals surface area contributed by atoms with Crippen molar-refractivity contribution in [2.75, 3.05) is 13.1 Å². The second-order valence-corrected chi connectivity index (χ2v) is 7.29. The topological polar surface area (TPSA) is 87.9 Å². The smallest absolute Gasteiger partial charge is 0.259 e. The summed E-state index contributed by atoms with van der Waals surface area (Å²) < 4.78 is 5.30. The Labute approximate surface area is 151 Å². The Morgan fingerprint density at radius 1 is 1.38 bits per heavy atom. The lowest BCUT2D eigenvalue weighted by atomic mass is 9.93. The van der Waals surface area contributed by atoms with Crippen molar-refractivity contribution < 1.29 is 9.32 Å². The van der Waals surface area contributed by atoms with Gasteiger partial charge in [0.05, 0.1) is 11.9 Å². The average molecular weight is 353 g/mol. The lowest BCUT2D eigenvalue weighted by Crippen LogP contribution is -2.39.